The molecule has 0 spiro atoms. The zero-order valence-electron chi connectivity index (χ0n) is 20.0. The standard InChI is InChI=1S/C24H26F3N3O5S/c1-4-35-23(32)30-15(2)14-28(16(3)31)21-7-6-17(12-22(21)30)18-10-19(24(25,26)27)13-20(11-18)29-8-5-9-36(29,33)34/h6-7,10-13,15H,4-5,8-9,14H2,1-3H3/t15-/m0/s1. The Bertz CT molecular complexity index is 1310. The van der Waals surface area contributed by atoms with E-state index in [1.807, 2.05) is 0 Å². The van der Waals surface area contributed by atoms with Crippen molar-refractivity contribution < 1.29 is 35.9 Å². The number of carbonyl (C=O) groups is 2. The first kappa shape index (κ1) is 25.8. The third kappa shape index (κ3) is 4.73. The average Bonchev–Trinajstić information content (AvgIpc) is 3.16. The summed E-state index contributed by atoms with van der Waals surface area (Å²) in [6.07, 6.45) is -5.03. The highest BCUT2D eigenvalue weighted by Crippen LogP contribution is 2.42. The molecule has 2 aromatic rings. The van der Waals surface area contributed by atoms with Crippen LogP contribution in [0.25, 0.3) is 11.1 Å². The number of nitrogens with zero attached hydrogens (tertiary/aromatic N) is 3. The topological polar surface area (TPSA) is 87.2 Å². The number of sulfonamides is 1. The van der Waals surface area contributed by atoms with Crippen LogP contribution in [0.15, 0.2) is 36.4 Å². The van der Waals surface area contributed by atoms with Gasteiger partial charge in [-0.3, -0.25) is 14.0 Å². The van der Waals surface area contributed by atoms with E-state index in [9.17, 15) is 31.2 Å². The van der Waals surface area contributed by atoms with Gasteiger partial charge in [0.05, 0.1) is 41.0 Å². The van der Waals surface area contributed by atoms with Crippen LogP contribution in [-0.4, -0.2) is 51.9 Å². The lowest BCUT2D eigenvalue weighted by Crippen LogP contribution is -2.51. The number of amides is 2. The summed E-state index contributed by atoms with van der Waals surface area (Å²) in [4.78, 5) is 27.9. The number of ether oxygens (including phenoxy) is 1. The fourth-order valence-corrected chi connectivity index (χ4v) is 6.14. The third-order valence-electron chi connectivity index (χ3n) is 6.22. The van der Waals surface area contributed by atoms with Crippen molar-refractivity contribution >= 4 is 39.1 Å². The molecule has 36 heavy (non-hydrogen) atoms. The maximum Gasteiger partial charge on any atom is 0.416 e. The van der Waals surface area contributed by atoms with E-state index < -0.39 is 33.9 Å². The number of halogens is 3. The fourth-order valence-electron chi connectivity index (χ4n) is 4.59. The zero-order chi connectivity index (χ0) is 26.4. The molecule has 0 bridgehead atoms. The molecule has 194 valence electrons. The van der Waals surface area contributed by atoms with Crippen LogP contribution in [0.4, 0.5) is 35.0 Å². The maximum absolute atomic E-state index is 13.8. The van der Waals surface area contributed by atoms with Crippen molar-refractivity contribution in [1.29, 1.82) is 0 Å². The number of alkyl halides is 3. The molecule has 0 aromatic heterocycles. The van der Waals surface area contributed by atoms with Gasteiger partial charge in [0.1, 0.15) is 0 Å². The van der Waals surface area contributed by atoms with Gasteiger partial charge in [-0.15, -0.1) is 0 Å². The molecule has 2 heterocycles. The molecule has 2 aliphatic rings. The summed E-state index contributed by atoms with van der Waals surface area (Å²) in [6.45, 7) is 5.22. The molecule has 8 nitrogen and oxygen atoms in total. The van der Waals surface area contributed by atoms with Crippen LogP contribution < -0.4 is 14.1 Å². The Morgan fingerprint density at radius 1 is 1.08 bits per heavy atom. The van der Waals surface area contributed by atoms with Crippen molar-refractivity contribution in [3.63, 3.8) is 0 Å². The predicted molar refractivity (Wildman–Crippen MR) is 130 cm³/mol. The second kappa shape index (κ2) is 9.30. The lowest BCUT2D eigenvalue weighted by atomic mass is 9.98. The molecule has 0 saturated carbocycles. The van der Waals surface area contributed by atoms with Crippen molar-refractivity contribution in [2.45, 2.75) is 39.4 Å². The first-order valence-electron chi connectivity index (χ1n) is 11.4. The molecule has 0 N–H and O–H groups in total. The maximum atomic E-state index is 13.8. The molecule has 4 rings (SSSR count). The summed E-state index contributed by atoms with van der Waals surface area (Å²) in [6, 6.07) is 7.34. The number of fused-ring (bicyclic) bond motifs is 1. The normalized spacial score (nSPS) is 19.3. The second-order valence-corrected chi connectivity index (χ2v) is 10.8. The highest BCUT2D eigenvalue weighted by Gasteiger charge is 2.37. The van der Waals surface area contributed by atoms with Crippen LogP contribution in [0, 0.1) is 0 Å². The van der Waals surface area contributed by atoms with Crippen molar-refractivity contribution in [2.75, 3.05) is 39.6 Å². The SMILES string of the molecule is CCOC(=O)N1c2cc(-c3cc(N4CCCS4(=O)=O)cc(C(F)(F)F)c3)ccc2N(C(C)=O)C[C@@H]1C. The Labute approximate surface area is 207 Å². The van der Waals surface area contributed by atoms with Crippen molar-refractivity contribution in [2.24, 2.45) is 0 Å². The highest BCUT2D eigenvalue weighted by molar-refractivity contribution is 7.93. The van der Waals surface area contributed by atoms with Crippen molar-refractivity contribution in [3.8, 4) is 11.1 Å². The Kier molecular flexibility index (Phi) is 6.67. The summed E-state index contributed by atoms with van der Waals surface area (Å²) in [5, 5.41) is 0. The van der Waals surface area contributed by atoms with Gasteiger partial charge in [0.15, 0.2) is 0 Å². The Hall–Kier alpha value is -3.28. The lowest BCUT2D eigenvalue weighted by Gasteiger charge is -2.40. The van der Waals surface area contributed by atoms with Crippen LogP contribution in [0.1, 0.15) is 32.8 Å². The quantitative estimate of drug-likeness (QED) is 0.583. The Balaban J connectivity index is 1.89. The number of anilines is 3. The summed E-state index contributed by atoms with van der Waals surface area (Å²) in [5.74, 6) is -0.384. The van der Waals surface area contributed by atoms with Gasteiger partial charge < -0.3 is 9.64 Å². The summed E-state index contributed by atoms with van der Waals surface area (Å²) >= 11 is 0. The number of carbonyl (C=O) groups excluding carboxylic acids is 2. The smallest absolute Gasteiger partial charge is 0.416 e. The van der Waals surface area contributed by atoms with Gasteiger partial charge in [0, 0.05) is 20.0 Å². The minimum Gasteiger partial charge on any atom is -0.449 e. The van der Waals surface area contributed by atoms with E-state index in [1.54, 1.807) is 26.0 Å². The molecule has 2 aliphatic heterocycles. The summed E-state index contributed by atoms with van der Waals surface area (Å²) < 4.78 is 72.4. The minimum atomic E-state index is -4.71. The first-order valence-corrected chi connectivity index (χ1v) is 13.1. The lowest BCUT2D eigenvalue weighted by molar-refractivity contribution is -0.137. The molecule has 1 fully saturated rings. The van der Waals surface area contributed by atoms with E-state index in [2.05, 4.69) is 0 Å². The van der Waals surface area contributed by atoms with E-state index in [0.29, 0.717) is 23.4 Å². The van der Waals surface area contributed by atoms with Crippen LogP contribution in [0.5, 0.6) is 0 Å². The van der Waals surface area contributed by atoms with Crippen LogP contribution in [0.2, 0.25) is 0 Å². The van der Waals surface area contributed by atoms with Gasteiger partial charge in [0.2, 0.25) is 15.9 Å². The van der Waals surface area contributed by atoms with Crippen LogP contribution in [0.3, 0.4) is 0 Å². The van der Waals surface area contributed by atoms with Gasteiger partial charge in [-0.2, -0.15) is 13.2 Å². The molecule has 2 aromatic carbocycles. The molecule has 0 unspecified atom stereocenters. The zero-order valence-corrected chi connectivity index (χ0v) is 20.8. The molecule has 1 saturated heterocycles. The van der Waals surface area contributed by atoms with E-state index in [4.69, 9.17) is 4.74 Å². The third-order valence-corrected chi connectivity index (χ3v) is 8.09. The minimum absolute atomic E-state index is 0.0731. The number of hydrogen-bond donors (Lipinski definition) is 0. The van der Waals surface area contributed by atoms with E-state index in [-0.39, 0.29) is 42.6 Å². The van der Waals surface area contributed by atoms with Gasteiger partial charge >= 0.3 is 12.3 Å². The van der Waals surface area contributed by atoms with Crippen LogP contribution in [-0.2, 0) is 25.7 Å². The summed E-state index contributed by atoms with van der Waals surface area (Å²) in [5.41, 5.74) is 0.122. The fraction of sp³-hybridized carbons (Fsp3) is 0.417. The van der Waals surface area contributed by atoms with Crippen molar-refractivity contribution in [1.82, 2.24) is 0 Å². The molecular weight excluding hydrogens is 499 g/mol. The van der Waals surface area contributed by atoms with E-state index in [1.165, 1.54) is 28.9 Å². The number of benzene rings is 2. The molecule has 0 radical (unpaired) electrons. The van der Waals surface area contributed by atoms with Crippen LogP contribution >= 0.6 is 0 Å². The van der Waals surface area contributed by atoms with Gasteiger partial charge in [-0.25, -0.2) is 13.2 Å². The number of hydrogen-bond acceptors (Lipinski definition) is 5. The van der Waals surface area contributed by atoms with Gasteiger partial charge in [0.25, 0.3) is 0 Å². The molecule has 0 aliphatic carbocycles. The Morgan fingerprint density at radius 2 is 1.81 bits per heavy atom. The van der Waals surface area contributed by atoms with Gasteiger partial charge in [-0.1, -0.05) is 6.07 Å². The molecule has 12 heteroatoms. The monoisotopic (exact) mass is 525 g/mol. The van der Waals surface area contributed by atoms with E-state index in [0.717, 1.165) is 16.4 Å². The molecule has 2 amide bonds. The predicted octanol–water partition coefficient (Wildman–Crippen LogP) is 4.63. The average molecular weight is 526 g/mol. The Morgan fingerprint density at radius 3 is 2.39 bits per heavy atom. The summed E-state index contributed by atoms with van der Waals surface area (Å²) in [7, 11) is -3.71. The second-order valence-electron chi connectivity index (χ2n) is 8.76. The van der Waals surface area contributed by atoms with Crippen molar-refractivity contribution in [3.05, 3.63) is 42.0 Å². The van der Waals surface area contributed by atoms with Gasteiger partial charge in [-0.05, 0) is 61.7 Å². The number of rotatable bonds is 3. The largest absolute Gasteiger partial charge is 0.449 e. The molecule has 1 atom stereocenters. The highest BCUT2D eigenvalue weighted by atomic mass is 32.2. The molecular formula is C24H26F3N3O5S. The first-order chi connectivity index (χ1) is 16.8. The van der Waals surface area contributed by atoms with E-state index >= 15 is 0 Å².